The number of aryl methyl sites for hydroxylation is 1. The van der Waals surface area contributed by atoms with Crippen LogP contribution in [0.15, 0.2) is 30.9 Å². The molecule has 1 aromatic carbocycles. The minimum atomic E-state index is -0.224. The third-order valence-electron chi connectivity index (χ3n) is 10.2. The number of hydrogen-bond acceptors (Lipinski definition) is 9. The minimum absolute atomic E-state index is 0.129. The van der Waals surface area contributed by atoms with Crippen LogP contribution < -0.4 is 19.3 Å². The van der Waals surface area contributed by atoms with Crippen LogP contribution in [0.4, 0.5) is 11.5 Å². The molecule has 1 aliphatic carbocycles. The SMILES string of the molecule is C=CC(=O)N1CCN(c2nc(OCC3CCCN3C(C)C)nc3c2CCC(N2CCCc4ccc(OC)cc42)C3)CC1CC#N. The lowest BCUT2D eigenvalue weighted by molar-refractivity contribution is -0.128. The normalized spacial score (nSPS) is 23.4. The van der Waals surface area contributed by atoms with E-state index in [1.165, 1.54) is 29.3 Å². The lowest BCUT2D eigenvalue weighted by atomic mass is 9.88. The molecule has 3 aliphatic heterocycles. The van der Waals surface area contributed by atoms with Crippen molar-refractivity contribution >= 4 is 17.4 Å². The van der Waals surface area contributed by atoms with Gasteiger partial charge in [-0.2, -0.15) is 15.2 Å². The van der Waals surface area contributed by atoms with Gasteiger partial charge in [-0.3, -0.25) is 9.69 Å². The van der Waals surface area contributed by atoms with E-state index in [1.807, 2.05) is 0 Å². The lowest BCUT2D eigenvalue weighted by Gasteiger charge is -2.43. The Hall–Kier alpha value is -3.84. The average molecular weight is 614 g/mol. The van der Waals surface area contributed by atoms with Crippen molar-refractivity contribution in [2.75, 3.05) is 56.2 Å². The Morgan fingerprint density at radius 2 is 2.00 bits per heavy atom. The predicted molar refractivity (Wildman–Crippen MR) is 175 cm³/mol. The van der Waals surface area contributed by atoms with E-state index in [-0.39, 0.29) is 18.4 Å². The van der Waals surface area contributed by atoms with Gasteiger partial charge in [-0.05, 0) is 76.6 Å². The topological polar surface area (TPSA) is 98.1 Å². The summed E-state index contributed by atoms with van der Waals surface area (Å²) in [6.45, 7) is 12.5. The second kappa shape index (κ2) is 13.7. The van der Waals surface area contributed by atoms with Crippen molar-refractivity contribution in [2.24, 2.45) is 0 Å². The van der Waals surface area contributed by atoms with E-state index in [4.69, 9.17) is 19.4 Å². The molecule has 0 spiro atoms. The number of anilines is 2. The third-order valence-corrected chi connectivity index (χ3v) is 10.2. The molecule has 3 atom stereocenters. The van der Waals surface area contributed by atoms with Crippen molar-refractivity contribution < 1.29 is 14.3 Å². The van der Waals surface area contributed by atoms with Gasteiger partial charge in [-0.1, -0.05) is 12.6 Å². The van der Waals surface area contributed by atoms with Crippen LogP contribution >= 0.6 is 0 Å². The van der Waals surface area contributed by atoms with E-state index >= 15 is 0 Å². The number of piperazine rings is 1. The highest BCUT2D eigenvalue weighted by Crippen LogP contribution is 2.38. The molecular formula is C35H47N7O3. The summed E-state index contributed by atoms with van der Waals surface area (Å²) in [5.41, 5.74) is 4.87. The van der Waals surface area contributed by atoms with E-state index in [0.29, 0.717) is 50.4 Å². The highest BCUT2D eigenvalue weighted by atomic mass is 16.5. The number of fused-ring (bicyclic) bond motifs is 2. The van der Waals surface area contributed by atoms with Crippen molar-refractivity contribution in [1.29, 1.82) is 5.26 Å². The largest absolute Gasteiger partial charge is 0.497 e. The van der Waals surface area contributed by atoms with Gasteiger partial charge in [-0.25, -0.2) is 0 Å². The molecular weight excluding hydrogens is 566 g/mol. The first-order chi connectivity index (χ1) is 21.9. The number of ether oxygens (including phenoxy) is 2. The maximum absolute atomic E-state index is 12.6. The van der Waals surface area contributed by atoms with Gasteiger partial charge in [-0.15, -0.1) is 0 Å². The number of nitrogens with zero attached hydrogens (tertiary/aromatic N) is 7. The van der Waals surface area contributed by atoms with E-state index in [9.17, 15) is 10.1 Å². The molecule has 6 rings (SSSR count). The number of methoxy groups -OCH3 is 1. The van der Waals surface area contributed by atoms with Crippen LogP contribution in [0.2, 0.25) is 0 Å². The van der Waals surface area contributed by atoms with Crippen molar-refractivity contribution in [1.82, 2.24) is 19.8 Å². The van der Waals surface area contributed by atoms with E-state index < -0.39 is 0 Å². The molecule has 10 nitrogen and oxygen atoms in total. The van der Waals surface area contributed by atoms with Gasteiger partial charge in [0.25, 0.3) is 0 Å². The number of rotatable bonds is 9. The van der Waals surface area contributed by atoms with Gasteiger partial charge in [0.2, 0.25) is 5.91 Å². The summed E-state index contributed by atoms with van der Waals surface area (Å²) in [7, 11) is 1.73. The summed E-state index contributed by atoms with van der Waals surface area (Å²) in [6, 6.07) is 10.1. The van der Waals surface area contributed by atoms with Gasteiger partial charge in [0.05, 0.1) is 31.3 Å². The van der Waals surface area contributed by atoms with Crippen molar-refractivity contribution in [3.63, 3.8) is 0 Å². The predicted octanol–water partition coefficient (Wildman–Crippen LogP) is 4.16. The lowest BCUT2D eigenvalue weighted by Crippen LogP contribution is -2.55. The fourth-order valence-electron chi connectivity index (χ4n) is 7.86. The molecule has 1 amide bonds. The summed E-state index contributed by atoms with van der Waals surface area (Å²) >= 11 is 0. The minimum Gasteiger partial charge on any atom is -0.497 e. The summed E-state index contributed by atoms with van der Waals surface area (Å²) in [5.74, 6) is 1.66. The molecule has 0 radical (unpaired) electrons. The Kier molecular flexibility index (Phi) is 9.45. The van der Waals surface area contributed by atoms with Crippen LogP contribution in [-0.4, -0.2) is 96.3 Å². The molecule has 45 heavy (non-hydrogen) atoms. The molecule has 3 unspecified atom stereocenters. The number of carbonyl (C=O) groups is 1. The average Bonchev–Trinajstić information content (AvgIpc) is 3.55. The first kappa shape index (κ1) is 31.2. The Balaban J connectivity index is 1.30. The number of aromatic nitrogens is 2. The maximum atomic E-state index is 12.6. The quantitative estimate of drug-likeness (QED) is 0.386. The van der Waals surface area contributed by atoms with E-state index in [2.05, 4.69) is 59.4 Å². The number of nitriles is 1. The maximum Gasteiger partial charge on any atom is 0.318 e. The van der Waals surface area contributed by atoms with Gasteiger partial charge >= 0.3 is 6.01 Å². The first-order valence-electron chi connectivity index (χ1n) is 16.7. The van der Waals surface area contributed by atoms with Crippen LogP contribution in [0.1, 0.15) is 62.8 Å². The van der Waals surface area contributed by atoms with Crippen LogP contribution in [-0.2, 0) is 24.1 Å². The van der Waals surface area contributed by atoms with Crippen LogP contribution in [0.25, 0.3) is 0 Å². The van der Waals surface area contributed by atoms with E-state index in [1.54, 1.807) is 12.0 Å². The number of carbonyl (C=O) groups excluding carboxylic acids is 1. The Bertz CT molecular complexity index is 1440. The zero-order valence-electron chi connectivity index (χ0n) is 27.1. The molecule has 1 aromatic heterocycles. The van der Waals surface area contributed by atoms with Crippen LogP contribution in [0.5, 0.6) is 11.8 Å². The monoisotopic (exact) mass is 613 g/mol. The summed E-state index contributed by atoms with van der Waals surface area (Å²) in [6.07, 6.45) is 8.80. The molecule has 2 saturated heterocycles. The summed E-state index contributed by atoms with van der Waals surface area (Å²) in [4.78, 5) is 31.8. The fraction of sp³-hybridized carbons (Fsp3) is 0.600. The number of benzene rings is 1. The first-order valence-corrected chi connectivity index (χ1v) is 16.7. The smallest absolute Gasteiger partial charge is 0.318 e. The molecule has 2 aromatic rings. The van der Waals surface area contributed by atoms with Gasteiger partial charge in [0.15, 0.2) is 0 Å². The molecule has 0 bridgehead atoms. The third kappa shape index (κ3) is 6.46. The highest BCUT2D eigenvalue weighted by Gasteiger charge is 2.36. The fourth-order valence-corrected chi connectivity index (χ4v) is 7.86. The second-order valence-electron chi connectivity index (χ2n) is 13.1. The van der Waals surface area contributed by atoms with Crippen LogP contribution in [0, 0.1) is 11.3 Å². The summed E-state index contributed by atoms with van der Waals surface area (Å²) in [5, 5.41) is 9.58. The Morgan fingerprint density at radius 3 is 2.78 bits per heavy atom. The zero-order valence-corrected chi connectivity index (χ0v) is 27.1. The van der Waals surface area contributed by atoms with Gasteiger partial charge in [0, 0.05) is 68.0 Å². The second-order valence-corrected chi connectivity index (χ2v) is 13.1. The standard InChI is InChI=1S/C35H47N7O3/c1-5-33(43)42-19-18-39(22-27(42)14-15-36)34-30-13-11-26(41-17-6-8-25-10-12-29(44-4)21-32(25)41)20-31(30)37-35(38-34)45-23-28-9-7-16-40(28)24(2)3/h5,10,12,21,24,26-28H,1,6-9,11,13-14,16-20,22-23H2,2-4H3. The highest BCUT2D eigenvalue weighted by molar-refractivity contribution is 5.87. The number of hydrogen-bond donors (Lipinski definition) is 0. The molecule has 240 valence electrons. The summed E-state index contributed by atoms with van der Waals surface area (Å²) < 4.78 is 12.0. The molecule has 4 aliphatic rings. The molecule has 2 fully saturated rings. The molecule has 10 heteroatoms. The number of amides is 1. The van der Waals surface area contributed by atoms with Crippen molar-refractivity contribution in [3.05, 3.63) is 47.7 Å². The molecule has 0 saturated carbocycles. The van der Waals surface area contributed by atoms with Crippen molar-refractivity contribution in [3.8, 4) is 17.8 Å². The van der Waals surface area contributed by atoms with E-state index in [0.717, 1.165) is 68.9 Å². The molecule has 4 heterocycles. The van der Waals surface area contributed by atoms with Crippen LogP contribution in [0.3, 0.4) is 0 Å². The van der Waals surface area contributed by atoms with Gasteiger partial charge in [0.1, 0.15) is 18.2 Å². The Morgan fingerprint density at radius 1 is 1.13 bits per heavy atom. The van der Waals surface area contributed by atoms with Gasteiger partial charge < -0.3 is 24.2 Å². The van der Waals surface area contributed by atoms with Crippen molar-refractivity contribution in [2.45, 2.75) is 89.4 Å². The zero-order chi connectivity index (χ0) is 31.5. The molecule has 0 N–H and O–H groups in total. The Labute approximate surface area is 267 Å². The number of likely N-dealkylation sites (tertiary alicyclic amines) is 1.